The highest BCUT2D eigenvalue weighted by Gasteiger charge is 2.16. The summed E-state index contributed by atoms with van der Waals surface area (Å²) >= 11 is 11.8. The summed E-state index contributed by atoms with van der Waals surface area (Å²) in [5, 5.41) is 9.01. The number of nitrogens with zero attached hydrogens (tertiary/aromatic N) is 4. The number of aryl methyl sites for hydroxylation is 1. The fraction of sp³-hybridized carbons (Fsp3) is 0.143. The van der Waals surface area contributed by atoms with Gasteiger partial charge in [0, 0.05) is 30.4 Å². The quantitative estimate of drug-likeness (QED) is 0.483. The van der Waals surface area contributed by atoms with Crippen molar-refractivity contribution in [3.05, 3.63) is 76.2 Å². The molecule has 0 radical (unpaired) electrons. The van der Waals surface area contributed by atoms with Crippen LogP contribution < -0.4 is 5.32 Å². The van der Waals surface area contributed by atoms with E-state index in [4.69, 9.17) is 23.2 Å². The number of fused-ring (bicyclic) bond motifs is 1. The number of hydrogen-bond acceptors (Lipinski definition) is 4. The molecule has 4 rings (SSSR count). The molecule has 4 aromatic rings. The average molecular weight is 426 g/mol. The van der Waals surface area contributed by atoms with Crippen LogP contribution in [0.15, 0.2) is 54.9 Å². The molecule has 0 atom stereocenters. The number of carbonyl (C=O) groups excluding carboxylic acids is 1. The number of hydrogen-bond donors (Lipinski definition) is 1. The SMILES string of the molecule is Cn1ncc2c(C(=O)NCCc3ccc(Cl)cc3)cc(-c3ccc(Cl)nc3)nc21. The highest BCUT2D eigenvalue weighted by atomic mass is 35.5. The van der Waals surface area contributed by atoms with Crippen LogP contribution in [0.4, 0.5) is 0 Å². The molecule has 1 aromatic carbocycles. The first-order valence-electron chi connectivity index (χ1n) is 8.98. The van der Waals surface area contributed by atoms with Crippen molar-refractivity contribution >= 4 is 40.1 Å². The second kappa shape index (κ2) is 8.19. The molecule has 3 aromatic heterocycles. The molecule has 0 aliphatic carbocycles. The fourth-order valence-corrected chi connectivity index (χ4v) is 3.28. The van der Waals surface area contributed by atoms with E-state index in [1.165, 1.54) is 0 Å². The molecule has 0 aliphatic rings. The van der Waals surface area contributed by atoms with Crippen molar-refractivity contribution in [2.75, 3.05) is 6.54 Å². The molecule has 0 unspecified atom stereocenters. The Balaban J connectivity index is 1.60. The minimum Gasteiger partial charge on any atom is -0.352 e. The average Bonchev–Trinajstić information content (AvgIpc) is 3.10. The maximum absolute atomic E-state index is 12.9. The highest BCUT2D eigenvalue weighted by molar-refractivity contribution is 6.30. The summed E-state index contributed by atoms with van der Waals surface area (Å²) < 4.78 is 1.65. The van der Waals surface area contributed by atoms with Gasteiger partial charge in [-0.05, 0) is 42.3 Å². The molecule has 29 heavy (non-hydrogen) atoms. The van der Waals surface area contributed by atoms with E-state index in [9.17, 15) is 4.79 Å². The van der Waals surface area contributed by atoms with Gasteiger partial charge in [0.2, 0.25) is 0 Å². The smallest absolute Gasteiger partial charge is 0.252 e. The second-order valence-electron chi connectivity index (χ2n) is 6.56. The summed E-state index contributed by atoms with van der Waals surface area (Å²) in [5.41, 5.74) is 3.65. The van der Waals surface area contributed by atoms with E-state index >= 15 is 0 Å². The Hall–Kier alpha value is -2.96. The van der Waals surface area contributed by atoms with Crippen LogP contribution in [0.2, 0.25) is 10.2 Å². The van der Waals surface area contributed by atoms with Crippen molar-refractivity contribution < 1.29 is 4.79 Å². The van der Waals surface area contributed by atoms with Crippen LogP contribution in [0.25, 0.3) is 22.3 Å². The minimum atomic E-state index is -0.178. The summed E-state index contributed by atoms with van der Waals surface area (Å²) in [6.45, 7) is 0.502. The number of halogens is 2. The van der Waals surface area contributed by atoms with Gasteiger partial charge < -0.3 is 5.32 Å². The van der Waals surface area contributed by atoms with Gasteiger partial charge in [-0.1, -0.05) is 35.3 Å². The molecule has 146 valence electrons. The van der Waals surface area contributed by atoms with Crippen LogP contribution in [0.3, 0.4) is 0 Å². The minimum absolute atomic E-state index is 0.178. The third-order valence-corrected chi connectivity index (χ3v) is 5.06. The van der Waals surface area contributed by atoms with E-state index < -0.39 is 0 Å². The standard InChI is InChI=1S/C21H17Cl2N5O/c1-28-20-17(12-26-28)16(10-18(27-20)14-4-7-19(23)25-11-14)21(29)24-9-8-13-2-5-15(22)6-3-13/h2-7,10-12H,8-9H2,1H3,(H,24,29). The van der Waals surface area contributed by atoms with Crippen molar-refractivity contribution in [1.29, 1.82) is 0 Å². The number of pyridine rings is 2. The number of benzene rings is 1. The predicted octanol–water partition coefficient (Wildman–Crippen LogP) is 4.31. The van der Waals surface area contributed by atoms with Gasteiger partial charge in [-0.25, -0.2) is 9.97 Å². The fourth-order valence-electron chi connectivity index (χ4n) is 3.04. The van der Waals surface area contributed by atoms with Crippen molar-refractivity contribution in [1.82, 2.24) is 25.1 Å². The summed E-state index contributed by atoms with van der Waals surface area (Å²) in [6.07, 6.45) is 3.99. The largest absolute Gasteiger partial charge is 0.352 e. The zero-order valence-electron chi connectivity index (χ0n) is 15.6. The van der Waals surface area contributed by atoms with E-state index in [0.717, 1.165) is 11.1 Å². The van der Waals surface area contributed by atoms with Gasteiger partial charge in [0.25, 0.3) is 5.91 Å². The number of aromatic nitrogens is 4. The van der Waals surface area contributed by atoms with Crippen LogP contribution in [-0.2, 0) is 13.5 Å². The first-order chi connectivity index (χ1) is 14.0. The Morgan fingerprint density at radius 2 is 1.90 bits per heavy atom. The molecule has 8 heteroatoms. The zero-order valence-corrected chi connectivity index (χ0v) is 17.1. The molecular formula is C21H17Cl2N5O. The van der Waals surface area contributed by atoms with Gasteiger partial charge in [-0.3, -0.25) is 9.48 Å². The highest BCUT2D eigenvalue weighted by Crippen LogP contribution is 2.25. The van der Waals surface area contributed by atoms with Crippen LogP contribution in [0.1, 0.15) is 15.9 Å². The molecule has 1 N–H and O–H groups in total. The van der Waals surface area contributed by atoms with Gasteiger partial charge in [0.05, 0.1) is 22.8 Å². The van der Waals surface area contributed by atoms with Crippen molar-refractivity contribution in [2.45, 2.75) is 6.42 Å². The summed E-state index contributed by atoms with van der Waals surface area (Å²) in [4.78, 5) is 21.7. The summed E-state index contributed by atoms with van der Waals surface area (Å²) in [6, 6.07) is 12.9. The van der Waals surface area contributed by atoms with Crippen molar-refractivity contribution in [3.63, 3.8) is 0 Å². The lowest BCUT2D eigenvalue weighted by Gasteiger charge is -2.09. The zero-order chi connectivity index (χ0) is 20.4. The van der Waals surface area contributed by atoms with E-state index in [-0.39, 0.29) is 5.91 Å². The van der Waals surface area contributed by atoms with E-state index in [0.29, 0.717) is 45.4 Å². The van der Waals surface area contributed by atoms with Crippen molar-refractivity contribution in [3.8, 4) is 11.3 Å². The maximum Gasteiger partial charge on any atom is 0.252 e. The van der Waals surface area contributed by atoms with Gasteiger partial charge in [0.15, 0.2) is 5.65 Å². The molecule has 0 aliphatic heterocycles. The van der Waals surface area contributed by atoms with Crippen LogP contribution in [0.5, 0.6) is 0 Å². The Bertz CT molecular complexity index is 1170. The molecule has 1 amide bonds. The van der Waals surface area contributed by atoms with Gasteiger partial charge in [-0.15, -0.1) is 0 Å². The molecule has 0 bridgehead atoms. The lowest BCUT2D eigenvalue weighted by atomic mass is 10.1. The third-order valence-electron chi connectivity index (χ3n) is 4.59. The van der Waals surface area contributed by atoms with Gasteiger partial charge in [0.1, 0.15) is 5.15 Å². The van der Waals surface area contributed by atoms with Crippen molar-refractivity contribution in [2.24, 2.45) is 7.05 Å². The number of amides is 1. The lowest BCUT2D eigenvalue weighted by Crippen LogP contribution is -2.26. The second-order valence-corrected chi connectivity index (χ2v) is 7.39. The Morgan fingerprint density at radius 1 is 1.10 bits per heavy atom. The Labute approximate surface area is 177 Å². The molecule has 0 fully saturated rings. The van der Waals surface area contributed by atoms with Crippen LogP contribution in [-0.4, -0.2) is 32.2 Å². The third kappa shape index (κ3) is 4.23. The maximum atomic E-state index is 12.9. The molecule has 0 spiro atoms. The van der Waals surface area contributed by atoms with E-state index in [1.807, 2.05) is 30.3 Å². The molecule has 0 saturated carbocycles. The lowest BCUT2D eigenvalue weighted by molar-refractivity contribution is 0.0955. The molecular weight excluding hydrogens is 409 g/mol. The van der Waals surface area contributed by atoms with Crippen LogP contribution >= 0.6 is 23.2 Å². The number of rotatable bonds is 5. The predicted molar refractivity (Wildman–Crippen MR) is 114 cm³/mol. The van der Waals surface area contributed by atoms with E-state index in [1.54, 1.807) is 36.3 Å². The monoisotopic (exact) mass is 425 g/mol. The molecule has 3 heterocycles. The van der Waals surface area contributed by atoms with Crippen LogP contribution in [0, 0.1) is 0 Å². The molecule has 0 saturated heterocycles. The number of carbonyl (C=O) groups is 1. The summed E-state index contributed by atoms with van der Waals surface area (Å²) in [5.74, 6) is -0.178. The normalized spacial score (nSPS) is 11.0. The van der Waals surface area contributed by atoms with Gasteiger partial charge >= 0.3 is 0 Å². The Kier molecular flexibility index (Phi) is 5.47. The Morgan fingerprint density at radius 3 is 2.62 bits per heavy atom. The molecule has 6 nitrogen and oxygen atoms in total. The van der Waals surface area contributed by atoms with Gasteiger partial charge in [-0.2, -0.15) is 5.10 Å². The summed E-state index contributed by atoms with van der Waals surface area (Å²) in [7, 11) is 1.79. The van der Waals surface area contributed by atoms with E-state index in [2.05, 4.69) is 20.4 Å². The number of nitrogens with one attached hydrogen (secondary N) is 1. The first kappa shape index (κ1) is 19.4. The first-order valence-corrected chi connectivity index (χ1v) is 9.74. The topological polar surface area (TPSA) is 72.7 Å².